The molecule has 126 valence electrons. The molecule has 1 N–H and O–H groups in total. The van der Waals surface area contributed by atoms with Crippen molar-refractivity contribution in [2.24, 2.45) is 5.92 Å². The fourth-order valence-corrected chi connectivity index (χ4v) is 3.45. The Morgan fingerprint density at radius 3 is 2.62 bits per heavy atom. The topological polar surface area (TPSA) is 45.2 Å². The Labute approximate surface area is 151 Å². The number of piperidine rings is 1. The fourth-order valence-electron chi connectivity index (χ4n) is 2.92. The molecule has 3 rings (SSSR count). The molecular weight excluding hydrogens is 345 g/mol. The van der Waals surface area contributed by atoms with Crippen LogP contribution in [0.1, 0.15) is 30.1 Å². The summed E-state index contributed by atoms with van der Waals surface area (Å²) < 4.78 is 0. The number of nitrogens with zero attached hydrogens (tertiary/aromatic N) is 2. The molecule has 0 spiro atoms. The number of hydrogen-bond acceptors (Lipinski definition) is 3. The smallest absolute Gasteiger partial charge is 0.255 e. The van der Waals surface area contributed by atoms with Gasteiger partial charge in [0.2, 0.25) is 0 Å². The second-order valence-electron chi connectivity index (χ2n) is 6.21. The first kappa shape index (κ1) is 17.1. The van der Waals surface area contributed by atoms with E-state index < -0.39 is 0 Å². The molecule has 2 aromatic rings. The zero-order valence-electron chi connectivity index (χ0n) is 13.4. The summed E-state index contributed by atoms with van der Waals surface area (Å²) in [7, 11) is 0. The Balaban J connectivity index is 1.69. The van der Waals surface area contributed by atoms with E-state index in [0.29, 0.717) is 27.3 Å². The summed E-state index contributed by atoms with van der Waals surface area (Å²) in [5, 5.41) is 4.24. The van der Waals surface area contributed by atoms with E-state index in [1.54, 1.807) is 36.5 Å². The molecule has 24 heavy (non-hydrogen) atoms. The van der Waals surface area contributed by atoms with Crippen LogP contribution >= 0.6 is 23.2 Å². The summed E-state index contributed by atoms with van der Waals surface area (Å²) in [6, 6.07) is 8.79. The van der Waals surface area contributed by atoms with Gasteiger partial charge in [-0.1, -0.05) is 30.1 Å². The molecule has 0 aliphatic carbocycles. The van der Waals surface area contributed by atoms with Gasteiger partial charge in [-0.15, -0.1) is 0 Å². The number of halogens is 2. The third kappa shape index (κ3) is 4.19. The molecule has 2 heterocycles. The van der Waals surface area contributed by atoms with Crippen LogP contribution in [0.15, 0.2) is 36.5 Å². The second kappa shape index (κ2) is 7.41. The highest BCUT2D eigenvalue weighted by molar-refractivity contribution is 6.35. The Morgan fingerprint density at radius 1 is 1.25 bits per heavy atom. The van der Waals surface area contributed by atoms with Crippen LogP contribution < -0.4 is 5.32 Å². The highest BCUT2D eigenvalue weighted by Crippen LogP contribution is 2.25. The van der Waals surface area contributed by atoms with Crippen molar-refractivity contribution in [3.8, 4) is 0 Å². The lowest BCUT2D eigenvalue weighted by atomic mass is 10.00. The van der Waals surface area contributed by atoms with Crippen LogP contribution in [0.25, 0.3) is 0 Å². The minimum absolute atomic E-state index is 0.0476. The van der Waals surface area contributed by atoms with Crippen LogP contribution in [-0.4, -0.2) is 28.9 Å². The van der Waals surface area contributed by atoms with Crippen molar-refractivity contribution in [1.29, 1.82) is 0 Å². The zero-order valence-corrected chi connectivity index (χ0v) is 14.9. The molecule has 6 heteroatoms. The van der Waals surface area contributed by atoms with E-state index in [9.17, 15) is 4.79 Å². The Hall–Kier alpha value is -1.78. The number of pyridine rings is 1. The number of amides is 1. The summed E-state index contributed by atoms with van der Waals surface area (Å²) in [5.74, 6) is 1.24. The maximum absolute atomic E-state index is 12.5. The van der Waals surface area contributed by atoms with Gasteiger partial charge in [0, 0.05) is 35.0 Å². The van der Waals surface area contributed by atoms with Gasteiger partial charge in [-0.05, 0) is 49.1 Å². The lowest BCUT2D eigenvalue weighted by Gasteiger charge is -2.30. The average Bonchev–Trinajstić information content (AvgIpc) is 2.54. The van der Waals surface area contributed by atoms with Crippen LogP contribution in [0.4, 0.5) is 11.5 Å². The van der Waals surface area contributed by atoms with Crippen molar-refractivity contribution in [2.75, 3.05) is 18.4 Å². The van der Waals surface area contributed by atoms with Crippen LogP contribution in [0, 0.1) is 5.92 Å². The van der Waals surface area contributed by atoms with Crippen LogP contribution in [0.5, 0.6) is 0 Å². The Kier molecular flexibility index (Phi) is 5.27. The second-order valence-corrected chi connectivity index (χ2v) is 7.09. The maximum atomic E-state index is 12.5. The number of rotatable bonds is 3. The molecule has 0 bridgehead atoms. The standard InChI is InChI=1S/C18H19Cl2N3O/c1-12-3-2-6-23(11-12)18(24)13-4-5-17(21-10-13)22-16-8-14(19)7-15(20)9-16/h4-5,7-10,12H,2-3,6,11H2,1H3,(H,21,22). The molecule has 1 saturated heterocycles. The third-order valence-electron chi connectivity index (χ3n) is 4.09. The Bertz CT molecular complexity index is 713. The zero-order chi connectivity index (χ0) is 17.1. The van der Waals surface area contributed by atoms with Crippen molar-refractivity contribution < 1.29 is 4.79 Å². The number of nitrogens with one attached hydrogen (secondary N) is 1. The number of carbonyl (C=O) groups excluding carboxylic acids is 1. The van der Waals surface area contributed by atoms with E-state index in [-0.39, 0.29) is 5.91 Å². The number of likely N-dealkylation sites (tertiary alicyclic amines) is 1. The molecule has 1 aromatic heterocycles. The van der Waals surface area contributed by atoms with E-state index in [1.165, 1.54) is 6.42 Å². The summed E-state index contributed by atoms with van der Waals surface area (Å²) in [4.78, 5) is 18.8. The van der Waals surface area contributed by atoms with Gasteiger partial charge >= 0.3 is 0 Å². The van der Waals surface area contributed by atoms with Crippen molar-refractivity contribution in [3.63, 3.8) is 0 Å². The van der Waals surface area contributed by atoms with Crippen molar-refractivity contribution in [3.05, 3.63) is 52.1 Å². The van der Waals surface area contributed by atoms with E-state index in [0.717, 1.165) is 25.2 Å². The third-order valence-corrected chi connectivity index (χ3v) is 4.53. The summed E-state index contributed by atoms with van der Waals surface area (Å²) in [5.41, 5.74) is 1.36. The Morgan fingerprint density at radius 2 is 2.00 bits per heavy atom. The molecule has 1 atom stereocenters. The largest absolute Gasteiger partial charge is 0.340 e. The van der Waals surface area contributed by atoms with Crippen LogP contribution in [0.3, 0.4) is 0 Å². The minimum atomic E-state index is 0.0476. The molecule has 0 saturated carbocycles. The van der Waals surface area contributed by atoms with Crippen LogP contribution in [-0.2, 0) is 0 Å². The molecule has 1 aliphatic heterocycles. The molecule has 1 unspecified atom stereocenters. The maximum Gasteiger partial charge on any atom is 0.255 e. The lowest BCUT2D eigenvalue weighted by Crippen LogP contribution is -2.39. The molecule has 1 amide bonds. The van der Waals surface area contributed by atoms with Gasteiger partial charge in [0.05, 0.1) is 5.56 Å². The van der Waals surface area contributed by atoms with Gasteiger partial charge in [-0.25, -0.2) is 4.98 Å². The summed E-state index contributed by atoms with van der Waals surface area (Å²) in [6.07, 6.45) is 3.86. The van der Waals surface area contributed by atoms with E-state index in [1.807, 2.05) is 4.90 Å². The van der Waals surface area contributed by atoms with Crippen molar-refractivity contribution >= 4 is 40.6 Å². The van der Waals surface area contributed by atoms with Crippen LogP contribution in [0.2, 0.25) is 10.0 Å². The number of benzene rings is 1. The number of hydrogen-bond donors (Lipinski definition) is 1. The predicted molar refractivity (Wildman–Crippen MR) is 98.3 cm³/mol. The highest BCUT2D eigenvalue weighted by atomic mass is 35.5. The predicted octanol–water partition coefficient (Wildman–Crippen LogP) is 5.00. The fraction of sp³-hybridized carbons (Fsp3) is 0.333. The van der Waals surface area contributed by atoms with Gasteiger partial charge in [0.25, 0.3) is 5.91 Å². The molecule has 4 nitrogen and oxygen atoms in total. The van der Waals surface area contributed by atoms with Gasteiger partial charge in [-0.3, -0.25) is 4.79 Å². The average molecular weight is 364 g/mol. The highest BCUT2D eigenvalue weighted by Gasteiger charge is 2.22. The van der Waals surface area contributed by atoms with Gasteiger partial charge < -0.3 is 10.2 Å². The first-order valence-electron chi connectivity index (χ1n) is 8.00. The number of carbonyl (C=O) groups is 1. The lowest BCUT2D eigenvalue weighted by molar-refractivity contribution is 0.0682. The van der Waals surface area contributed by atoms with Gasteiger partial charge in [-0.2, -0.15) is 0 Å². The first-order valence-corrected chi connectivity index (χ1v) is 8.75. The van der Waals surface area contributed by atoms with E-state index >= 15 is 0 Å². The quantitative estimate of drug-likeness (QED) is 0.833. The molecule has 1 fully saturated rings. The molecule has 1 aromatic carbocycles. The first-order chi connectivity index (χ1) is 11.5. The monoisotopic (exact) mass is 363 g/mol. The molecule has 0 radical (unpaired) electrons. The van der Waals surface area contributed by atoms with E-state index in [2.05, 4.69) is 17.2 Å². The number of aromatic nitrogens is 1. The van der Waals surface area contributed by atoms with Crippen molar-refractivity contribution in [1.82, 2.24) is 9.88 Å². The van der Waals surface area contributed by atoms with Crippen molar-refractivity contribution in [2.45, 2.75) is 19.8 Å². The minimum Gasteiger partial charge on any atom is -0.340 e. The number of anilines is 2. The van der Waals surface area contributed by atoms with Gasteiger partial charge in [0.1, 0.15) is 5.82 Å². The SMILES string of the molecule is CC1CCCN(C(=O)c2ccc(Nc3cc(Cl)cc(Cl)c3)nc2)C1. The molecular formula is C18H19Cl2N3O. The summed E-state index contributed by atoms with van der Waals surface area (Å²) in [6.45, 7) is 3.82. The van der Waals surface area contributed by atoms with Gasteiger partial charge in [0.15, 0.2) is 0 Å². The normalized spacial score (nSPS) is 17.6. The molecule has 1 aliphatic rings. The van der Waals surface area contributed by atoms with E-state index in [4.69, 9.17) is 23.2 Å². The summed E-state index contributed by atoms with van der Waals surface area (Å²) >= 11 is 12.0.